The fourth-order valence-electron chi connectivity index (χ4n) is 2.03. The van der Waals surface area contributed by atoms with Crippen molar-refractivity contribution in [3.8, 4) is 0 Å². The zero-order valence-electron chi connectivity index (χ0n) is 10.2. The molecular formula is C10H19N5O2S. The number of piperidine rings is 1. The Morgan fingerprint density at radius 3 is 2.83 bits per heavy atom. The Morgan fingerprint density at radius 2 is 2.17 bits per heavy atom. The van der Waals surface area contributed by atoms with Crippen molar-refractivity contribution in [2.24, 2.45) is 0 Å². The summed E-state index contributed by atoms with van der Waals surface area (Å²) in [6.07, 6.45) is 5.48. The molecule has 1 aliphatic rings. The minimum Gasteiger partial charge on any atom is -0.317 e. The molecule has 1 aliphatic heterocycles. The molecule has 0 aliphatic carbocycles. The van der Waals surface area contributed by atoms with Gasteiger partial charge in [0.25, 0.3) is 0 Å². The Kier molecular flexibility index (Phi) is 4.67. The molecule has 1 aromatic rings. The van der Waals surface area contributed by atoms with Crippen LogP contribution in [-0.2, 0) is 16.6 Å². The maximum absolute atomic E-state index is 12.0. The molecule has 0 radical (unpaired) electrons. The summed E-state index contributed by atoms with van der Waals surface area (Å²) in [6.45, 7) is 2.69. The number of sulfonamides is 1. The van der Waals surface area contributed by atoms with E-state index in [2.05, 4.69) is 20.4 Å². The summed E-state index contributed by atoms with van der Waals surface area (Å²) in [5, 5.41) is 10.4. The fraction of sp³-hybridized carbons (Fsp3) is 0.800. The molecule has 0 unspecified atom stereocenters. The molecule has 0 amide bonds. The Labute approximate surface area is 107 Å². The molecule has 0 bridgehead atoms. The van der Waals surface area contributed by atoms with Gasteiger partial charge in [0, 0.05) is 19.3 Å². The van der Waals surface area contributed by atoms with Crippen LogP contribution in [0.5, 0.6) is 0 Å². The van der Waals surface area contributed by atoms with Crippen molar-refractivity contribution in [1.82, 2.24) is 25.0 Å². The molecule has 0 spiro atoms. The number of rotatable bonds is 6. The van der Waals surface area contributed by atoms with Crippen LogP contribution in [0.2, 0.25) is 0 Å². The van der Waals surface area contributed by atoms with Crippen LogP contribution in [0.15, 0.2) is 12.4 Å². The summed E-state index contributed by atoms with van der Waals surface area (Å²) >= 11 is 0. The zero-order valence-corrected chi connectivity index (χ0v) is 11.1. The van der Waals surface area contributed by atoms with Crippen molar-refractivity contribution in [2.45, 2.75) is 31.1 Å². The van der Waals surface area contributed by atoms with Crippen molar-refractivity contribution in [3.05, 3.63) is 12.4 Å². The van der Waals surface area contributed by atoms with Gasteiger partial charge in [-0.2, -0.15) is 0 Å². The average Bonchev–Trinajstić information content (AvgIpc) is 2.89. The Balaban J connectivity index is 1.71. The van der Waals surface area contributed by atoms with Crippen LogP contribution >= 0.6 is 0 Å². The second-order valence-electron chi connectivity index (χ2n) is 4.41. The van der Waals surface area contributed by atoms with E-state index in [4.69, 9.17) is 0 Å². The van der Waals surface area contributed by atoms with Crippen LogP contribution in [0.3, 0.4) is 0 Å². The highest BCUT2D eigenvalue weighted by Crippen LogP contribution is 2.11. The van der Waals surface area contributed by atoms with E-state index in [0.717, 1.165) is 13.1 Å². The minimum atomic E-state index is -3.16. The van der Waals surface area contributed by atoms with E-state index in [1.54, 1.807) is 17.1 Å². The Morgan fingerprint density at radius 1 is 1.39 bits per heavy atom. The smallest absolute Gasteiger partial charge is 0.214 e. The van der Waals surface area contributed by atoms with Gasteiger partial charge < -0.3 is 5.32 Å². The zero-order chi connectivity index (χ0) is 12.8. The molecule has 7 nitrogen and oxygen atoms in total. The largest absolute Gasteiger partial charge is 0.317 e. The number of aryl methyl sites for hydroxylation is 1. The molecule has 0 atom stereocenters. The van der Waals surface area contributed by atoms with E-state index in [0.29, 0.717) is 32.4 Å². The van der Waals surface area contributed by atoms with Crippen molar-refractivity contribution < 1.29 is 8.42 Å². The number of nitrogens with one attached hydrogen (secondary N) is 2. The van der Waals surface area contributed by atoms with E-state index in [9.17, 15) is 8.42 Å². The lowest BCUT2D eigenvalue weighted by molar-refractivity contribution is 0.485. The number of aromatic nitrogens is 3. The first kappa shape index (κ1) is 13.4. The number of nitrogens with zero attached hydrogens (tertiary/aromatic N) is 3. The first-order chi connectivity index (χ1) is 8.68. The monoisotopic (exact) mass is 273 g/mol. The average molecular weight is 273 g/mol. The molecule has 2 heterocycles. The quantitative estimate of drug-likeness (QED) is 0.672. The van der Waals surface area contributed by atoms with Crippen LogP contribution in [0.1, 0.15) is 19.3 Å². The highest BCUT2D eigenvalue weighted by molar-refractivity contribution is 7.90. The third-order valence-corrected chi connectivity index (χ3v) is 5.02. The van der Waals surface area contributed by atoms with Crippen LogP contribution in [0.4, 0.5) is 0 Å². The van der Waals surface area contributed by atoms with Gasteiger partial charge in [-0.1, -0.05) is 5.21 Å². The highest BCUT2D eigenvalue weighted by atomic mass is 32.2. The molecule has 0 saturated carbocycles. The number of hydrogen-bond donors (Lipinski definition) is 2. The minimum absolute atomic E-state index is 0.245. The van der Waals surface area contributed by atoms with E-state index in [-0.39, 0.29) is 5.25 Å². The standard InChI is InChI=1S/C10H19N5O2S/c16-18(17,10-2-5-11-6-3-10)13-4-1-8-15-9-7-12-14-15/h7,9-11,13H,1-6,8H2. The van der Waals surface area contributed by atoms with Crippen LogP contribution < -0.4 is 10.0 Å². The maximum atomic E-state index is 12.0. The van der Waals surface area contributed by atoms with Gasteiger partial charge in [0.15, 0.2) is 0 Å². The van der Waals surface area contributed by atoms with E-state index in [1.807, 2.05) is 0 Å². The van der Waals surface area contributed by atoms with Crippen molar-refractivity contribution in [3.63, 3.8) is 0 Å². The lowest BCUT2D eigenvalue weighted by Crippen LogP contribution is -2.42. The molecule has 0 aromatic carbocycles. The molecule has 1 aromatic heterocycles. The molecule has 1 fully saturated rings. The van der Waals surface area contributed by atoms with Gasteiger partial charge in [0.2, 0.25) is 10.0 Å². The SMILES string of the molecule is O=S(=O)(NCCCn1ccnn1)C1CCNCC1. The van der Waals surface area contributed by atoms with Gasteiger partial charge in [-0.3, -0.25) is 4.68 Å². The van der Waals surface area contributed by atoms with Gasteiger partial charge in [-0.05, 0) is 32.4 Å². The molecule has 2 rings (SSSR count). The van der Waals surface area contributed by atoms with Gasteiger partial charge in [0.05, 0.1) is 11.4 Å². The second-order valence-corrected chi connectivity index (χ2v) is 6.45. The summed E-state index contributed by atoms with van der Waals surface area (Å²) in [5.74, 6) is 0. The summed E-state index contributed by atoms with van der Waals surface area (Å²) in [7, 11) is -3.16. The summed E-state index contributed by atoms with van der Waals surface area (Å²) < 4.78 is 28.3. The normalized spacial score (nSPS) is 18.0. The van der Waals surface area contributed by atoms with E-state index >= 15 is 0 Å². The van der Waals surface area contributed by atoms with Crippen molar-refractivity contribution in [2.75, 3.05) is 19.6 Å². The van der Waals surface area contributed by atoms with Gasteiger partial charge in [-0.25, -0.2) is 13.1 Å². The Hall–Kier alpha value is -0.990. The summed E-state index contributed by atoms with van der Waals surface area (Å²) in [6, 6.07) is 0. The summed E-state index contributed by atoms with van der Waals surface area (Å²) in [4.78, 5) is 0. The molecule has 8 heteroatoms. The third-order valence-electron chi connectivity index (χ3n) is 3.06. The Bertz CT molecular complexity index is 439. The van der Waals surface area contributed by atoms with Gasteiger partial charge >= 0.3 is 0 Å². The molecule has 2 N–H and O–H groups in total. The first-order valence-electron chi connectivity index (χ1n) is 6.22. The van der Waals surface area contributed by atoms with Crippen LogP contribution in [0, 0.1) is 0 Å². The fourth-order valence-corrected chi connectivity index (χ4v) is 3.55. The van der Waals surface area contributed by atoms with Gasteiger partial charge in [0.1, 0.15) is 0 Å². The van der Waals surface area contributed by atoms with Gasteiger partial charge in [-0.15, -0.1) is 5.10 Å². The third kappa shape index (κ3) is 3.76. The predicted octanol–water partition coefficient (Wildman–Crippen LogP) is -0.660. The molecule has 18 heavy (non-hydrogen) atoms. The maximum Gasteiger partial charge on any atom is 0.214 e. The van der Waals surface area contributed by atoms with Crippen LogP contribution in [-0.4, -0.2) is 48.3 Å². The van der Waals surface area contributed by atoms with E-state index < -0.39 is 10.0 Å². The van der Waals surface area contributed by atoms with E-state index in [1.165, 1.54) is 0 Å². The molecular weight excluding hydrogens is 254 g/mol. The van der Waals surface area contributed by atoms with Crippen molar-refractivity contribution in [1.29, 1.82) is 0 Å². The molecule has 102 valence electrons. The topological polar surface area (TPSA) is 88.9 Å². The highest BCUT2D eigenvalue weighted by Gasteiger charge is 2.26. The summed E-state index contributed by atoms with van der Waals surface area (Å²) in [5.41, 5.74) is 0. The second kappa shape index (κ2) is 6.26. The predicted molar refractivity (Wildman–Crippen MR) is 67.5 cm³/mol. The lowest BCUT2D eigenvalue weighted by atomic mass is 10.2. The van der Waals surface area contributed by atoms with Crippen LogP contribution in [0.25, 0.3) is 0 Å². The molecule has 1 saturated heterocycles. The van der Waals surface area contributed by atoms with Crippen molar-refractivity contribution >= 4 is 10.0 Å². The lowest BCUT2D eigenvalue weighted by Gasteiger charge is -2.22. The number of hydrogen-bond acceptors (Lipinski definition) is 5. The first-order valence-corrected chi connectivity index (χ1v) is 7.76.